The summed E-state index contributed by atoms with van der Waals surface area (Å²) in [5, 5.41) is 21.2. The molecule has 0 bridgehead atoms. The molecular formula is C31H50N4O4S. The number of rotatable bonds is 15. The predicted octanol–water partition coefficient (Wildman–Crippen LogP) is 5.89. The van der Waals surface area contributed by atoms with Crippen molar-refractivity contribution < 1.29 is 19.0 Å². The SMILES string of the molecule is CCNc1cc(C(=O)N[C@@H](Cc2ccccc2)[C@@H](O)CNC(C)(C)CCCC(C)C)cc(N2CCCS2(O)O)c1. The molecular weight excluding hydrogens is 524 g/mol. The highest BCUT2D eigenvalue weighted by Gasteiger charge is 2.31. The topological polar surface area (TPSA) is 117 Å². The zero-order valence-electron chi connectivity index (χ0n) is 24.8. The second-order valence-electron chi connectivity index (χ2n) is 12.0. The van der Waals surface area contributed by atoms with Gasteiger partial charge in [0, 0.05) is 36.4 Å². The van der Waals surface area contributed by atoms with E-state index in [1.807, 2.05) is 43.3 Å². The van der Waals surface area contributed by atoms with E-state index in [-0.39, 0.29) is 11.4 Å². The van der Waals surface area contributed by atoms with Gasteiger partial charge in [-0.05, 0) is 69.7 Å². The molecule has 224 valence electrons. The summed E-state index contributed by atoms with van der Waals surface area (Å²) in [6.07, 6.45) is 3.64. The standard InChI is InChI=1S/C31H50N4O4S/c1-6-32-26-19-25(20-27(21-26)35-16-11-17-40(35,38)39)30(37)34-28(18-24-13-8-7-9-14-24)29(36)22-33-31(4,5)15-10-12-23(2)3/h7-9,13-14,19-21,23,28-29,32-33,36,38-39H,6,10-12,15-18,22H2,1-5H3,(H,34,37)/t28-,29-/m0/s1. The lowest BCUT2D eigenvalue weighted by atomic mass is 9.93. The molecule has 0 spiro atoms. The monoisotopic (exact) mass is 574 g/mol. The highest BCUT2D eigenvalue weighted by Crippen LogP contribution is 2.51. The van der Waals surface area contributed by atoms with Crippen molar-refractivity contribution in [3.8, 4) is 0 Å². The van der Waals surface area contributed by atoms with E-state index in [1.54, 1.807) is 16.4 Å². The number of aliphatic hydroxyl groups is 1. The Labute approximate surface area is 242 Å². The maximum Gasteiger partial charge on any atom is 0.251 e. The van der Waals surface area contributed by atoms with Crippen molar-refractivity contribution in [1.82, 2.24) is 10.6 Å². The number of carbonyl (C=O) groups is 1. The first-order valence-electron chi connectivity index (χ1n) is 14.6. The van der Waals surface area contributed by atoms with E-state index >= 15 is 0 Å². The lowest BCUT2D eigenvalue weighted by molar-refractivity contribution is 0.0812. The van der Waals surface area contributed by atoms with Crippen molar-refractivity contribution in [1.29, 1.82) is 0 Å². The third-order valence-corrected chi connectivity index (χ3v) is 9.37. The van der Waals surface area contributed by atoms with Crippen LogP contribution < -0.4 is 20.3 Å². The third kappa shape index (κ3) is 9.66. The van der Waals surface area contributed by atoms with Gasteiger partial charge in [0.2, 0.25) is 0 Å². The van der Waals surface area contributed by atoms with Crippen LogP contribution in [-0.4, -0.2) is 63.2 Å². The Morgan fingerprint density at radius 3 is 2.48 bits per heavy atom. The van der Waals surface area contributed by atoms with Crippen LogP contribution in [-0.2, 0) is 6.42 Å². The molecule has 8 nitrogen and oxygen atoms in total. The number of nitrogens with one attached hydrogen (secondary N) is 3. The molecule has 9 heteroatoms. The number of aliphatic hydroxyl groups excluding tert-OH is 1. The summed E-state index contributed by atoms with van der Waals surface area (Å²) in [6.45, 7) is 12.3. The molecule has 1 amide bonds. The number of hydrogen-bond acceptors (Lipinski definition) is 7. The molecule has 0 saturated carbocycles. The van der Waals surface area contributed by atoms with Gasteiger partial charge in [0.25, 0.3) is 5.91 Å². The lowest BCUT2D eigenvalue weighted by Gasteiger charge is -2.38. The van der Waals surface area contributed by atoms with E-state index in [1.165, 1.54) is 6.42 Å². The van der Waals surface area contributed by atoms with Crippen LogP contribution in [0.25, 0.3) is 0 Å². The second-order valence-corrected chi connectivity index (χ2v) is 14.1. The molecule has 1 aliphatic heterocycles. The highest BCUT2D eigenvalue weighted by molar-refractivity contribution is 8.25. The molecule has 2 atom stereocenters. The van der Waals surface area contributed by atoms with Gasteiger partial charge in [-0.2, -0.15) is 0 Å². The van der Waals surface area contributed by atoms with E-state index in [9.17, 15) is 19.0 Å². The summed E-state index contributed by atoms with van der Waals surface area (Å²) in [6, 6.07) is 14.7. The summed E-state index contributed by atoms with van der Waals surface area (Å²) < 4.78 is 22.7. The minimum absolute atomic E-state index is 0.134. The molecule has 0 radical (unpaired) electrons. The third-order valence-electron chi connectivity index (χ3n) is 7.43. The molecule has 3 rings (SSSR count). The van der Waals surface area contributed by atoms with Gasteiger partial charge >= 0.3 is 0 Å². The van der Waals surface area contributed by atoms with E-state index in [0.717, 1.165) is 24.1 Å². The maximum atomic E-state index is 13.6. The van der Waals surface area contributed by atoms with Crippen LogP contribution in [0.4, 0.5) is 11.4 Å². The number of hydrogen-bond donors (Lipinski definition) is 6. The Balaban J connectivity index is 1.79. The summed E-state index contributed by atoms with van der Waals surface area (Å²) in [7, 11) is -2.90. The Kier molecular flexibility index (Phi) is 11.7. The van der Waals surface area contributed by atoms with E-state index in [0.29, 0.717) is 55.4 Å². The second kappa shape index (κ2) is 14.5. The number of anilines is 2. The molecule has 1 heterocycles. The average molecular weight is 575 g/mol. The Bertz CT molecular complexity index is 1080. The smallest absolute Gasteiger partial charge is 0.251 e. The van der Waals surface area contributed by atoms with Gasteiger partial charge in [0.1, 0.15) is 0 Å². The number of β-amino-alcohol motifs (C(OH)–C–C–N with tert-alkyl or cyclic N) is 1. The summed E-state index contributed by atoms with van der Waals surface area (Å²) in [4.78, 5) is 13.6. The Hall–Kier alpha value is -2.30. The van der Waals surface area contributed by atoms with Crippen LogP contribution in [0.1, 0.15) is 76.2 Å². The van der Waals surface area contributed by atoms with E-state index < -0.39 is 22.9 Å². The summed E-state index contributed by atoms with van der Waals surface area (Å²) in [5.74, 6) is 0.677. The Morgan fingerprint density at radius 1 is 1.12 bits per heavy atom. The molecule has 0 aliphatic carbocycles. The van der Waals surface area contributed by atoms with E-state index in [2.05, 4.69) is 43.6 Å². The average Bonchev–Trinajstić information content (AvgIpc) is 3.26. The first kappa shape index (κ1) is 32.2. The highest BCUT2D eigenvalue weighted by atomic mass is 32.3. The zero-order valence-corrected chi connectivity index (χ0v) is 25.6. The zero-order chi connectivity index (χ0) is 29.3. The molecule has 2 aromatic rings. The molecule has 1 aliphatic rings. The minimum atomic E-state index is -2.90. The molecule has 0 aromatic heterocycles. The van der Waals surface area contributed by atoms with Crippen LogP contribution in [0.3, 0.4) is 0 Å². The van der Waals surface area contributed by atoms with Crippen molar-refractivity contribution in [3.05, 3.63) is 59.7 Å². The predicted molar refractivity (Wildman–Crippen MR) is 168 cm³/mol. The lowest BCUT2D eigenvalue weighted by Crippen LogP contribution is -2.52. The molecule has 1 saturated heterocycles. The number of carbonyl (C=O) groups excluding carboxylic acids is 1. The normalized spacial score (nSPS) is 17.5. The van der Waals surface area contributed by atoms with Gasteiger partial charge in [-0.3, -0.25) is 18.2 Å². The van der Waals surface area contributed by atoms with E-state index in [4.69, 9.17) is 0 Å². The molecule has 40 heavy (non-hydrogen) atoms. The first-order chi connectivity index (χ1) is 18.9. The number of amides is 1. The largest absolute Gasteiger partial charge is 0.390 e. The van der Waals surface area contributed by atoms with Crippen LogP contribution >= 0.6 is 10.8 Å². The van der Waals surface area contributed by atoms with Crippen LogP contribution in [0, 0.1) is 5.92 Å². The molecule has 2 aromatic carbocycles. The summed E-state index contributed by atoms with van der Waals surface area (Å²) >= 11 is 0. The van der Waals surface area contributed by atoms with Gasteiger partial charge in [-0.15, -0.1) is 10.8 Å². The fraction of sp³-hybridized carbons (Fsp3) is 0.581. The van der Waals surface area contributed by atoms with Crippen LogP contribution in [0.15, 0.2) is 48.5 Å². The Morgan fingerprint density at radius 2 is 1.85 bits per heavy atom. The van der Waals surface area contributed by atoms with Crippen molar-refractivity contribution in [2.24, 2.45) is 5.92 Å². The quantitative estimate of drug-likeness (QED) is 0.157. The molecule has 1 fully saturated rings. The minimum Gasteiger partial charge on any atom is -0.390 e. The first-order valence-corrected chi connectivity index (χ1v) is 16.3. The van der Waals surface area contributed by atoms with Crippen molar-refractivity contribution in [2.45, 2.75) is 84.4 Å². The van der Waals surface area contributed by atoms with Crippen molar-refractivity contribution >= 4 is 28.1 Å². The maximum absolute atomic E-state index is 13.6. The van der Waals surface area contributed by atoms with Gasteiger partial charge in [0.05, 0.1) is 23.6 Å². The number of nitrogens with zero attached hydrogens (tertiary/aromatic N) is 1. The molecule has 0 unspecified atom stereocenters. The fourth-order valence-corrected chi connectivity index (χ4v) is 6.72. The van der Waals surface area contributed by atoms with Crippen molar-refractivity contribution in [2.75, 3.05) is 35.0 Å². The molecule has 6 N–H and O–H groups in total. The van der Waals surface area contributed by atoms with Gasteiger partial charge in [0.15, 0.2) is 0 Å². The van der Waals surface area contributed by atoms with Crippen molar-refractivity contribution in [3.63, 3.8) is 0 Å². The fourth-order valence-electron chi connectivity index (χ4n) is 5.12. The van der Waals surface area contributed by atoms with Gasteiger partial charge in [-0.25, -0.2) is 0 Å². The van der Waals surface area contributed by atoms with Gasteiger partial charge < -0.3 is 21.1 Å². The van der Waals surface area contributed by atoms with Gasteiger partial charge in [-0.1, -0.05) is 57.0 Å². The number of benzene rings is 2. The van der Waals surface area contributed by atoms with Crippen LogP contribution in [0.2, 0.25) is 0 Å². The summed E-state index contributed by atoms with van der Waals surface area (Å²) in [5.41, 5.74) is 2.63. The van der Waals surface area contributed by atoms with Crippen LogP contribution in [0.5, 0.6) is 0 Å².